The number of aromatic hydroxyl groups is 1. The molecule has 8 rings (SSSR count). The molecule has 0 aliphatic carbocycles. The van der Waals surface area contributed by atoms with Crippen LogP contribution in [0.2, 0.25) is 0 Å². The van der Waals surface area contributed by atoms with Gasteiger partial charge in [-0.05, 0) is 96.1 Å². The number of ketones is 2. The molecule has 0 fully saturated rings. The van der Waals surface area contributed by atoms with Crippen molar-refractivity contribution in [3.8, 4) is 11.5 Å². The average Bonchev–Trinajstić information content (AvgIpc) is 3.79. The smallest absolute Gasteiger partial charge is 0.296 e. The molecule has 4 aromatic heterocycles. The number of aromatic nitrogens is 4. The number of nitrogens with zero attached hydrogens (tertiary/aromatic N) is 4. The van der Waals surface area contributed by atoms with Crippen LogP contribution in [0.4, 0.5) is 20.2 Å². The highest BCUT2D eigenvalue weighted by atomic mass is 19.1. The largest absolute Gasteiger partial charge is 0.508 e. The Morgan fingerprint density at radius 2 is 1.02 bits per heavy atom. The van der Waals surface area contributed by atoms with E-state index in [4.69, 9.17) is 4.74 Å². The van der Waals surface area contributed by atoms with Crippen LogP contribution in [0.15, 0.2) is 146 Å². The number of rotatable bonds is 11. The molecule has 4 heterocycles. The quantitative estimate of drug-likeness (QED) is 0.0885. The molecule has 14 heteroatoms. The van der Waals surface area contributed by atoms with E-state index in [1.54, 1.807) is 83.7 Å². The van der Waals surface area contributed by atoms with Crippen LogP contribution < -0.4 is 15.4 Å². The minimum absolute atomic E-state index is 0.0133. The maximum absolute atomic E-state index is 13.2. The van der Waals surface area contributed by atoms with Crippen molar-refractivity contribution in [2.45, 2.75) is 13.1 Å². The van der Waals surface area contributed by atoms with Gasteiger partial charge in [-0.3, -0.25) is 29.1 Å². The summed E-state index contributed by atoms with van der Waals surface area (Å²) in [5.74, 6) is -3.01. The summed E-state index contributed by atoms with van der Waals surface area (Å²) in [6, 6.07) is 28.5. The van der Waals surface area contributed by atoms with Crippen LogP contribution in [0, 0.1) is 11.6 Å². The van der Waals surface area contributed by atoms with Gasteiger partial charge in [0.05, 0.1) is 18.2 Å². The Hall–Kier alpha value is -8.00. The third kappa shape index (κ3) is 9.18. The number of Topliss-reactive ketones (excluding diaryl/α,β-unsaturated/α-hetero) is 2. The fourth-order valence-electron chi connectivity index (χ4n) is 6.38. The van der Waals surface area contributed by atoms with Crippen molar-refractivity contribution in [1.82, 2.24) is 19.1 Å². The Bertz CT molecular complexity index is 2810. The van der Waals surface area contributed by atoms with Gasteiger partial charge in [-0.2, -0.15) is 0 Å². The van der Waals surface area contributed by atoms with Gasteiger partial charge in [0.15, 0.2) is 0 Å². The number of hydrogen-bond donors (Lipinski definition) is 3. The number of fused-ring (bicyclic) bond motifs is 2. The molecule has 8 aromatic rings. The molecule has 0 saturated carbocycles. The molecule has 4 aromatic carbocycles. The maximum Gasteiger partial charge on any atom is 0.296 e. The predicted octanol–water partition coefficient (Wildman–Crippen LogP) is 7.80. The van der Waals surface area contributed by atoms with Crippen molar-refractivity contribution >= 4 is 56.6 Å². The first-order valence-corrected chi connectivity index (χ1v) is 18.1. The van der Waals surface area contributed by atoms with Crippen molar-refractivity contribution in [2.75, 3.05) is 17.7 Å². The molecule has 0 atom stereocenters. The number of ether oxygens (including phenoxy) is 1. The summed E-state index contributed by atoms with van der Waals surface area (Å²) in [5, 5.41) is 16.1. The monoisotopic (exact) mass is 792 g/mol. The third-order valence-corrected chi connectivity index (χ3v) is 9.26. The molecule has 0 bridgehead atoms. The molecule has 12 nitrogen and oxygen atoms in total. The standard InChI is InChI=1S/C23H18FN3O3.C22H16FN3O3/c1-30-18-6-7-21-19(12-18)20(14-27(21)13-15-2-4-16(24)5-3-15)22(28)23(29)26-17-8-10-25-11-9-17;23-15-3-1-14(2-4-15)12-26-13-19(18-11-17(27)5-6-20(18)26)21(28)22(29)25-16-7-9-24-10-8-16/h2-12,14H,13H2,1H3,(H,25,26,29);1-11,13,27H,12H2,(H,24,25,29). The minimum atomic E-state index is -0.791. The molecule has 0 unspecified atom stereocenters. The van der Waals surface area contributed by atoms with E-state index in [1.165, 1.54) is 68.3 Å². The molecule has 0 aliphatic heterocycles. The normalized spacial score (nSPS) is 10.8. The first-order valence-electron chi connectivity index (χ1n) is 18.1. The molecular weight excluding hydrogens is 759 g/mol. The molecular formula is C45H34F2N6O6. The Kier molecular flexibility index (Phi) is 11.6. The number of nitrogens with one attached hydrogen (secondary N) is 2. The number of halogens is 2. The number of phenolic OH excluding ortho intramolecular Hbond substituents is 1. The van der Waals surface area contributed by atoms with Crippen molar-refractivity contribution in [3.05, 3.63) is 180 Å². The number of anilines is 2. The van der Waals surface area contributed by atoms with E-state index in [-0.39, 0.29) is 28.5 Å². The zero-order valence-corrected chi connectivity index (χ0v) is 31.3. The van der Waals surface area contributed by atoms with Crippen LogP contribution in [-0.2, 0) is 22.7 Å². The summed E-state index contributed by atoms with van der Waals surface area (Å²) in [6.45, 7) is 0.795. The van der Waals surface area contributed by atoms with Gasteiger partial charge in [0, 0.05) is 83.5 Å². The van der Waals surface area contributed by atoms with E-state index in [1.807, 2.05) is 10.6 Å². The van der Waals surface area contributed by atoms with Crippen molar-refractivity contribution in [1.29, 1.82) is 0 Å². The van der Waals surface area contributed by atoms with Gasteiger partial charge in [-0.25, -0.2) is 8.78 Å². The lowest BCUT2D eigenvalue weighted by molar-refractivity contribution is -0.113. The van der Waals surface area contributed by atoms with Crippen molar-refractivity contribution < 1.29 is 37.8 Å². The number of carbonyl (C=O) groups excluding carboxylic acids is 4. The molecule has 294 valence electrons. The number of carbonyl (C=O) groups is 4. The maximum atomic E-state index is 13.2. The molecule has 0 aliphatic rings. The molecule has 2 amide bonds. The zero-order chi connectivity index (χ0) is 41.5. The number of phenols is 1. The number of pyridine rings is 2. The Labute approximate surface area is 335 Å². The van der Waals surface area contributed by atoms with Gasteiger partial charge in [-0.1, -0.05) is 24.3 Å². The summed E-state index contributed by atoms with van der Waals surface area (Å²) in [6.07, 6.45) is 9.28. The summed E-state index contributed by atoms with van der Waals surface area (Å²) in [5.41, 5.74) is 4.50. The number of benzene rings is 4. The lowest BCUT2D eigenvalue weighted by Crippen LogP contribution is -2.22. The number of methoxy groups -OCH3 is 1. The average molecular weight is 793 g/mol. The van der Waals surface area contributed by atoms with Crippen LogP contribution in [-0.4, -0.2) is 54.7 Å². The van der Waals surface area contributed by atoms with Gasteiger partial charge in [0.2, 0.25) is 0 Å². The van der Waals surface area contributed by atoms with E-state index in [0.29, 0.717) is 46.5 Å². The van der Waals surface area contributed by atoms with Gasteiger partial charge < -0.3 is 29.6 Å². The fraction of sp³-hybridized carbons (Fsp3) is 0.0667. The number of amides is 2. The van der Waals surface area contributed by atoms with E-state index in [0.717, 1.165) is 16.6 Å². The summed E-state index contributed by atoms with van der Waals surface area (Å²) < 4.78 is 35.3. The van der Waals surface area contributed by atoms with E-state index >= 15 is 0 Å². The van der Waals surface area contributed by atoms with E-state index in [9.17, 15) is 33.1 Å². The zero-order valence-electron chi connectivity index (χ0n) is 31.3. The second-order valence-electron chi connectivity index (χ2n) is 13.2. The number of hydrogen-bond acceptors (Lipinski definition) is 8. The van der Waals surface area contributed by atoms with Crippen LogP contribution in [0.5, 0.6) is 11.5 Å². The van der Waals surface area contributed by atoms with Gasteiger partial charge in [0.25, 0.3) is 23.4 Å². The lowest BCUT2D eigenvalue weighted by Gasteiger charge is -2.06. The molecule has 3 N–H and O–H groups in total. The van der Waals surface area contributed by atoms with E-state index in [2.05, 4.69) is 20.6 Å². The highest BCUT2D eigenvalue weighted by Gasteiger charge is 2.24. The molecule has 59 heavy (non-hydrogen) atoms. The lowest BCUT2D eigenvalue weighted by atomic mass is 10.1. The molecule has 0 radical (unpaired) electrons. The van der Waals surface area contributed by atoms with Gasteiger partial charge in [0.1, 0.15) is 23.1 Å². The van der Waals surface area contributed by atoms with Crippen molar-refractivity contribution in [2.24, 2.45) is 0 Å². The second kappa shape index (κ2) is 17.4. The van der Waals surface area contributed by atoms with Crippen LogP contribution in [0.3, 0.4) is 0 Å². The SMILES string of the molecule is COc1ccc2c(c1)c(C(=O)C(=O)Nc1ccncc1)cn2Cc1ccc(F)cc1.O=C(Nc1ccncc1)C(=O)c1cn(Cc2ccc(F)cc2)c2ccc(O)cc12. The topological polar surface area (TPSA) is 157 Å². The Balaban J connectivity index is 0.000000179. The van der Waals surface area contributed by atoms with Crippen LogP contribution in [0.1, 0.15) is 31.8 Å². The highest BCUT2D eigenvalue weighted by Crippen LogP contribution is 2.29. The fourth-order valence-corrected chi connectivity index (χ4v) is 6.38. The second-order valence-corrected chi connectivity index (χ2v) is 13.2. The van der Waals surface area contributed by atoms with Gasteiger partial charge >= 0.3 is 0 Å². The summed E-state index contributed by atoms with van der Waals surface area (Å²) in [4.78, 5) is 58.5. The Morgan fingerprint density at radius 3 is 1.46 bits per heavy atom. The first kappa shape index (κ1) is 39.2. The van der Waals surface area contributed by atoms with Crippen LogP contribution in [0.25, 0.3) is 21.8 Å². The Morgan fingerprint density at radius 1 is 0.593 bits per heavy atom. The summed E-state index contributed by atoms with van der Waals surface area (Å²) >= 11 is 0. The first-order chi connectivity index (χ1) is 28.6. The summed E-state index contributed by atoms with van der Waals surface area (Å²) in [7, 11) is 1.54. The predicted molar refractivity (Wildman–Crippen MR) is 217 cm³/mol. The third-order valence-electron chi connectivity index (χ3n) is 9.26. The van der Waals surface area contributed by atoms with Crippen LogP contribution >= 0.6 is 0 Å². The van der Waals surface area contributed by atoms with E-state index < -0.39 is 23.4 Å². The highest BCUT2D eigenvalue weighted by molar-refractivity contribution is 6.49. The van der Waals surface area contributed by atoms with Crippen molar-refractivity contribution in [3.63, 3.8) is 0 Å². The minimum Gasteiger partial charge on any atom is -0.508 e. The molecule has 0 saturated heterocycles. The van der Waals surface area contributed by atoms with Gasteiger partial charge in [-0.15, -0.1) is 0 Å². The molecule has 0 spiro atoms.